The lowest BCUT2D eigenvalue weighted by Crippen LogP contribution is -2.39. The quantitative estimate of drug-likeness (QED) is 0.569. The van der Waals surface area contributed by atoms with Gasteiger partial charge in [-0.05, 0) is 17.0 Å². The first-order chi connectivity index (χ1) is 12.8. The number of rotatable bonds is 5. The lowest BCUT2D eigenvalue weighted by molar-refractivity contribution is -0.275. The molecule has 0 aliphatic carbocycles. The van der Waals surface area contributed by atoms with Crippen molar-refractivity contribution in [3.8, 4) is 6.07 Å². The number of nitriles is 1. The molecule has 4 N–H and O–H groups in total. The Morgan fingerprint density at radius 1 is 1.26 bits per heavy atom. The zero-order chi connectivity index (χ0) is 20.0. The summed E-state index contributed by atoms with van der Waals surface area (Å²) in [6.07, 6.45) is 0.00154. The van der Waals surface area contributed by atoms with E-state index in [4.69, 9.17) is 21.1 Å². The maximum Gasteiger partial charge on any atom is 0.378 e. The van der Waals surface area contributed by atoms with Gasteiger partial charge in [0.15, 0.2) is 5.57 Å². The number of nitrogens with zero attached hydrogens (tertiary/aromatic N) is 3. The van der Waals surface area contributed by atoms with Crippen LogP contribution < -0.4 is 11.5 Å². The van der Waals surface area contributed by atoms with Crippen LogP contribution in [-0.4, -0.2) is 29.7 Å². The van der Waals surface area contributed by atoms with E-state index in [1.807, 2.05) is 19.9 Å². The maximum atomic E-state index is 12.5. The highest BCUT2D eigenvalue weighted by Gasteiger charge is 2.33. The minimum absolute atomic E-state index is 0.00154. The number of aliphatic imine (C=N–C) groups is 1. The number of benzene rings is 1. The molecule has 0 aromatic heterocycles. The van der Waals surface area contributed by atoms with Crippen molar-refractivity contribution in [2.75, 3.05) is 6.54 Å². The van der Waals surface area contributed by atoms with Crippen LogP contribution in [0, 0.1) is 17.2 Å². The molecule has 0 saturated heterocycles. The van der Waals surface area contributed by atoms with Gasteiger partial charge in [-0.3, -0.25) is 9.68 Å². The lowest BCUT2D eigenvalue weighted by atomic mass is 9.99. The largest absolute Gasteiger partial charge is 0.378 e. The molecule has 0 spiro atoms. The van der Waals surface area contributed by atoms with E-state index in [1.165, 1.54) is 0 Å². The molecular weight excluding hydrogens is 350 g/mol. The van der Waals surface area contributed by atoms with Crippen molar-refractivity contribution in [1.82, 2.24) is 5.23 Å². The van der Waals surface area contributed by atoms with Gasteiger partial charge in [0.05, 0.1) is 5.57 Å². The van der Waals surface area contributed by atoms with E-state index in [-0.39, 0.29) is 23.9 Å². The van der Waals surface area contributed by atoms with Crippen molar-refractivity contribution >= 4 is 17.9 Å². The van der Waals surface area contributed by atoms with Gasteiger partial charge in [-0.2, -0.15) is 5.26 Å². The van der Waals surface area contributed by atoms with E-state index in [1.54, 1.807) is 24.3 Å². The molecule has 0 amide bonds. The molecule has 0 atom stereocenters. The Morgan fingerprint density at radius 2 is 1.93 bits per heavy atom. The van der Waals surface area contributed by atoms with Crippen molar-refractivity contribution in [2.45, 2.75) is 26.8 Å². The van der Waals surface area contributed by atoms with Crippen molar-refractivity contribution in [2.24, 2.45) is 22.4 Å². The van der Waals surface area contributed by atoms with E-state index in [0.29, 0.717) is 23.9 Å². The van der Waals surface area contributed by atoms with Gasteiger partial charge in [0.25, 0.3) is 5.96 Å². The molecular formula is C18H21N5O4. The summed E-state index contributed by atoms with van der Waals surface area (Å²) in [5.41, 5.74) is 12.3. The van der Waals surface area contributed by atoms with Crippen LogP contribution in [0.4, 0.5) is 0 Å². The van der Waals surface area contributed by atoms with Crippen molar-refractivity contribution < 1.29 is 19.3 Å². The van der Waals surface area contributed by atoms with Gasteiger partial charge in [0, 0.05) is 24.7 Å². The molecule has 1 aliphatic rings. The number of hydrogen-bond acceptors (Lipinski definition) is 7. The summed E-state index contributed by atoms with van der Waals surface area (Å²) in [5, 5.41) is 9.78. The van der Waals surface area contributed by atoms with E-state index in [2.05, 4.69) is 4.99 Å². The molecule has 0 saturated carbocycles. The Balaban J connectivity index is 2.31. The molecule has 1 heterocycles. The summed E-state index contributed by atoms with van der Waals surface area (Å²) in [4.78, 5) is 38.7. The molecule has 1 aromatic carbocycles. The lowest BCUT2D eigenvalue weighted by Gasteiger charge is -2.17. The fourth-order valence-electron chi connectivity index (χ4n) is 2.27. The first-order valence-electron chi connectivity index (χ1n) is 8.31. The number of hydroxylamine groups is 2. The minimum atomic E-state index is -1.05. The Hall–Kier alpha value is -3.38. The molecule has 0 radical (unpaired) electrons. The van der Waals surface area contributed by atoms with Gasteiger partial charge < -0.3 is 11.5 Å². The Kier molecular flexibility index (Phi) is 6.51. The molecule has 1 aromatic rings. The van der Waals surface area contributed by atoms with Gasteiger partial charge >= 0.3 is 11.9 Å². The van der Waals surface area contributed by atoms with Gasteiger partial charge in [0.2, 0.25) is 0 Å². The highest BCUT2D eigenvalue weighted by atomic mass is 17.0. The van der Waals surface area contributed by atoms with E-state index < -0.39 is 17.5 Å². The Labute approximate surface area is 156 Å². The second-order valence-corrected chi connectivity index (χ2v) is 6.27. The van der Waals surface area contributed by atoms with Crippen LogP contribution in [0.1, 0.15) is 25.0 Å². The normalized spacial score (nSPS) is 15.4. The molecule has 2 rings (SSSR count). The summed E-state index contributed by atoms with van der Waals surface area (Å²) in [7, 11) is 0. The van der Waals surface area contributed by atoms with Crippen LogP contribution in [0.3, 0.4) is 0 Å². The SMILES string of the molecule is CC(C)CN=C(N)N1OC(=O)C(C#N)=C(Cc2cccc(CN)c2)C(=O)O1. The zero-order valence-corrected chi connectivity index (χ0v) is 15.1. The zero-order valence-electron chi connectivity index (χ0n) is 15.1. The fraction of sp³-hybridized carbons (Fsp3) is 0.333. The molecule has 27 heavy (non-hydrogen) atoms. The number of carbonyl (C=O) groups excluding carboxylic acids is 2. The maximum absolute atomic E-state index is 12.5. The molecule has 142 valence electrons. The first kappa shape index (κ1) is 19.9. The second kappa shape index (κ2) is 8.82. The number of hydrogen-bond donors (Lipinski definition) is 2. The highest BCUT2D eigenvalue weighted by Crippen LogP contribution is 2.20. The van der Waals surface area contributed by atoms with Crippen LogP contribution in [-0.2, 0) is 32.2 Å². The molecule has 0 bridgehead atoms. The molecule has 9 heteroatoms. The van der Waals surface area contributed by atoms with Gasteiger partial charge in [-0.1, -0.05) is 38.1 Å². The average Bonchev–Trinajstić information content (AvgIpc) is 2.76. The molecule has 0 fully saturated rings. The highest BCUT2D eigenvalue weighted by molar-refractivity contribution is 6.05. The monoisotopic (exact) mass is 371 g/mol. The topological polar surface area (TPSA) is 144 Å². The third-order valence-electron chi connectivity index (χ3n) is 3.61. The summed E-state index contributed by atoms with van der Waals surface area (Å²) < 4.78 is 0. The van der Waals surface area contributed by atoms with Crippen molar-refractivity contribution in [3.05, 3.63) is 46.5 Å². The molecule has 0 unspecified atom stereocenters. The number of nitrogens with two attached hydrogens (primary N) is 2. The predicted molar refractivity (Wildman–Crippen MR) is 96.0 cm³/mol. The number of carbonyl (C=O) groups is 2. The third kappa shape index (κ3) is 5.05. The Bertz CT molecular complexity index is 838. The standard InChI is InChI=1S/C18H21N5O4/c1-11(2)10-22-18(21)23-26-16(24)14(15(9-20)17(25)27-23)7-12-4-3-5-13(6-12)8-19/h3-6,11H,7-8,10,19H2,1-2H3,(H2,21,22). The van der Waals surface area contributed by atoms with E-state index in [0.717, 1.165) is 5.56 Å². The van der Waals surface area contributed by atoms with Gasteiger partial charge in [-0.15, -0.1) is 0 Å². The predicted octanol–water partition coefficient (Wildman–Crippen LogP) is 0.711. The number of guanidine groups is 1. The van der Waals surface area contributed by atoms with Gasteiger partial charge in [-0.25, -0.2) is 14.6 Å². The van der Waals surface area contributed by atoms with Crippen LogP contribution >= 0.6 is 0 Å². The smallest absolute Gasteiger partial charge is 0.364 e. The van der Waals surface area contributed by atoms with Crippen LogP contribution in [0.15, 0.2) is 40.4 Å². The summed E-state index contributed by atoms with van der Waals surface area (Å²) in [6, 6.07) is 8.84. The summed E-state index contributed by atoms with van der Waals surface area (Å²) in [6.45, 7) is 4.50. The third-order valence-corrected chi connectivity index (χ3v) is 3.61. The Morgan fingerprint density at radius 3 is 2.56 bits per heavy atom. The summed E-state index contributed by atoms with van der Waals surface area (Å²) >= 11 is 0. The van der Waals surface area contributed by atoms with Crippen molar-refractivity contribution in [3.63, 3.8) is 0 Å². The first-order valence-corrected chi connectivity index (χ1v) is 8.31. The average molecular weight is 371 g/mol. The van der Waals surface area contributed by atoms with Crippen molar-refractivity contribution in [1.29, 1.82) is 5.26 Å². The summed E-state index contributed by atoms with van der Waals surface area (Å²) in [5.74, 6) is -2.07. The van der Waals surface area contributed by atoms with Crippen LogP contribution in [0.2, 0.25) is 0 Å². The van der Waals surface area contributed by atoms with E-state index in [9.17, 15) is 14.9 Å². The molecule has 9 nitrogen and oxygen atoms in total. The minimum Gasteiger partial charge on any atom is -0.364 e. The van der Waals surface area contributed by atoms with Crippen LogP contribution in [0.25, 0.3) is 0 Å². The van der Waals surface area contributed by atoms with Crippen LogP contribution in [0.5, 0.6) is 0 Å². The second-order valence-electron chi connectivity index (χ2n) is 6.27. The molecule has 1 aliphatic heterocycles. The van der Waals surface area contributed by atoms with E-state index >= 15 is 0 Å². The van der Waals surface area contributed by atoms with Gasteiger partial charge in [0.1, 0.15) is 6.07 Å². The fourth-order valence-corrected chi connectivity index (χ4v) is 2.27.